The lowest BCUT2D eigenvalue weighted by Gasteiger charge is -2.49. The lowest BCUT2D eigenvalue weighted by molar-refractivity contribution is -0.122. The Kier molecular flexibility index (Phi) is 11.0. The topological polar surface area (TPSA) is 168 Å². The maximum Gasteiger partial charge on any atom is 0.427 e. The van der Waals surface area contributed by atoms with Gasteiger partial charge in [-0.15, -0.1) is 4.90 Å². The van der Waals surface area contributed by atoms with Crippen molar-refractivity contribution >= 4 is 29.9 Å². The van der Waals surface area contributed by atoms with Crippen LogP contribution in [0.15, 0.2) is 41.3 Å². The summed E-state index contributed by atoms with van der Waals surface area (Å²) >= 11 is 0. The molecule has 3 rings (SSSR count). The van der Waals surface area contributed by atoms with Gasteiger partial charge in [0.2, 0.25) is 11.9 Å². The molecule has 0 spiro atoms. The van der Waals surface area contributed by atoms with Crippen LogP contribution in [0.4, 0.5) is 15.4 Å². The van der Waals surface area contributed by atoms with Gasteiger partial charge in [-0.05, 0) is 73.3 Å². The number of carbonyl (C=O) groups excluding carboxylic acids is 3. The maximum atomic E-state index is 13.5. The van der Waals surface area contributed by atoms with E-state index in [9.17, 15) is 19.2 Å². The summed E-state index contributed by atoms with van der Waals surface area (Å²) in [4.78, 5) is 63.5. The minimum Gasteiger partial charge on any atom is -0.443 e. The fourth-order valence-corrected chi connectivity index (χ4v) is 4.75. The summed E-state index contributed by atoms with van der Waals surface area (Å²) in [7, 11) is 1.87. The van der Waals surface area contributed by atoms with Gasteiger partial charge in [-0.25, -0.2) is 20.1 Å². The second-order valence-electron chi connectivity index (χ2n) is 12.9. The van der Waals surface area contributed by atoms with E-state index >= 15 is 0 Å². The highest BCUT2D eigenvalue weighted by Crippen LogP contribution is 2.46. The van der Waals surface area contributed by atoms with Crippen LogP contribution in [0, 0.1) is 12.3 Å². The van der Waals surface area contributed by atoms with Crippen LogP contribution in [0.2, 0.25) is 0 Å². The largest absolute Gasteiger partial charge is 0.443 e. The van der Waals surface area contributed by atoms with Crippen molar-refractivity contribution in [1.29, 1.82) is 5.41 Å². The first-order valence-corrected chi connectivity index (χ1v) is 14.8. The number of amides is 3. The van der Waals surface area contributed by atoms with Crippen molar-refractivity contribution in [2.45, 2.75) is 91.0 Å². The average Bonchev–Trinajstić information content (AvgIpc) is 2.89. The zero-order valence-electron chi connectivity index (χ0n) is 27.4. The molecule has 1 aliphatic rings. The highest BCUT2D eigenvalue weighted by molar-refractivity contribution is 6.06. The molecule has 1 heterocycles. The second-order valence-corrected chi connectivity index (χ2v) is 12.9. The number of carbonyl (C=O) groups is 3. The zero-order valence-corrected chi connectivity index (χ0v) is 27.4. The molecule has 0 saturated heterocycles. The summed E-state index contributed by atoms with van der Waals surface area (Å²) in [5, 5.41) is 10.8. The molecule has 2 aromatic rings. The van der Waals surface area contributed by atoms with E-state index in [4.69, 9.17) is 19.7 Å². The van der Waals surface area contributed by atoms with Crippen LogP contribution in [0.25, 0.3) is 0 Å². The van der Waals surface area contributed by atoms with E-state index in [0.29, 0.717) is 10.6 Å². The highest BCUT2D eigenvalue weighted by Gasteiger charge is 2.44. The number of aryl methyl sites for hydroxylation is 1. The van der Waals surface area contributed by atoms with Crippen LogP contribution in [-0.4, -0.2) is 69.9 Å². The van der Waals surface area contributed by atoms with Gasteiger partial charge in [-0.2, -0.15) is 0 Å². The molecule has 0 radical (unpaired) electrons. The zero-order chi connectivity index (χ0) is 33.6. The summed E-state index contributed by atoms with van der Waals surface area (Å²) in [6.45, 7) is 11.0. The summed E-state index contributed by atoms with van der Waals surface area (Å²) < 4.78 is 11.8. The molecule has 1 aliphatic carbocycles. The van der Waals surface area contributed by atoms with Gasteiger partial charge in [-0.3, -0.25) is 24.4 Å². The molecule has 0 unspecified atom stereocenters. The molecule has 0 aliphatic heterocycles. The van der Waals surface area contributed by atoms with Gasteiger partial charge in [0.25, 0.3) is 5.56 Å². The number of hydroxylamine groups is 1. The Bertz CT molecular complexity index is 1410. The fraction of sp³-hybridized carbons (Fsp3) is 0.548. The lowest BCUT2D eigenvalue weighted by Crippen LogP contribution is -2.52. The van der Waals surface area contributed by atoms with Crippen LogP contribution < -0.4 is 21.3 Å². The van der Waals surface area contributed by atoms with Crippen LogP contribution >= 0.6 is 0 Å². The Balaban J connectivity index is 1.58. The van der Waals surface area contributed by atoms with E-state index in [-0.39, 0.29) is 36.6 Å². The van der Waals surface area contributed by atoms with Crippen LogP contribution in [-0.2, 0) is 31.2 Å². The number of nitrogens with zero attached hydrogens (tertiary/aromatic N) is 4. The lowest BCUT2D eigenvalue weighted by atomic mass is 9.70. The summed E-state index contributed by atoms with van der Waals surface area (Å²) in [5.74, 6) is -0.910. The van der Waals surface area contributed by atoms with Gasteiger partial charge in [-0.1, -0.05) is 30.3 Å². The molecule has 246 valence electrons. The monoisotopic (exact) mass is 627 g/mol. The van der Waals surface area contributed by atoms with Crippen molar-refractivity contribution in [3.63, 3.8) is 0 Å². The molecule has 1 aromatic carbocycles. The molecule has 1 saturated carbocycles. The Hall–Kier alpha value is -4.46. The number of guanidine groups is 1. The van der Waals surface area contributed by atoms with Gasteiger partial charge < -0.3 is 19.7 Å². The van der Waals surface area contributed by atoms with Gasteiger partial charge in [0.1, 0.15) is 17.7 Å². The van der Waals surface area contributed by atoms with Crippen molar-refractivity contribution in [2.24, 2.45) is 0 Å². The quantitative estimate of drug-likeness (QED) is 0.161. The third-order valence-corrected chi connectivity index (χ3v) is 7.06. The number of rotatable bonds is 9. The first-order valence-electron chi connectivity index (χ1n) is 14.8. The number of benzene rings is 1. The average molecular weight is 628 g/mol. The van der Waals surface area contributed by atoms with Crippen molar-refractivity contribution in [3.8, 4) is 0 Å². The summed E-state index contributed by atoms with van der Waals surface area (Å²) in [6, 6.07) is 10.0. The van der Waals surface area contributed by atoms with Crippen LogP contribution in [0.1, 0.15) is 72.1 Å². The number of aromatic nitrogens is 2. The molecule has 14 nitrogen and oxygen atoms in total. The SMILES string of the molecule is Cc1cnc(N(C)C2(c3ccccc3)CCC2)c(=O)n1CC(=O)NCCONC(=N)N(C(=O)OC(C)(C)C)C(=O)OC(C)(C)C. The van der Waals surface area contributed by atoms with Gasteiger partial charge in [0, 0.05) is 25.5 Å². The van der Waals surface area contributed by atoms with Gasteiger partial charge >= 0.3 is 12.2 Å². The standard InChI is InChI=1S/C31H45N7O7/c1-21-19-34-24(36(8)31(15-12-16-31)22-13-10-9-11-14-22)25(40)37(21)20-23(39)33-17-18-43-35-26(32)38(27(41)44-29(2,3)4)28(42)45-30(5,6)7/h9-11,13-14,19H,12,15-18,20H2,1-8H3,(H2,32,35)(H,33,39). The van der Waals surface area contributed by atoms with E-state index in [1.807, 2.05) is 30.1 Å². The first kappa shape index (κ1) is 35.0. The Morgan fingerprint density at radius 2 is 1.60 bits per heavy atom. The molecule has 45 heavy (non-hydrogen) atoms. The molecule has 1 fully saturated rings. The van der Waals surface area contributed by atoms with E-state index < -0.39 is 35.3 Å². The smallest absolute Gasteiger partial charge is 0.427 e. The van der Waals surface area contributed by atoms with Crippen molar-refractivity contribution in [2.75, 3.05) is 25.1 Å². The number of imide groups is 1. The highest BCUT2D eigenvalue weighted by atomic mass is 16.7. The van der Waals surface area contributed by atoms with E-state index in [0.717, 1.165) is 24.8 Å². The molecule has 0 bridgehead atoms. The first-order chi connectivity index (χ1) is 20.9. The van der Waals surface area contributed by atoms with E-state index in [2.05, 4.69) is 27.9 Å². The molecule has 1 aromatic heterocycles. The van der Waals surface area contributed by atoms with E-state index in [1.54, 1.807) is 54.7 Å². The number of ether oxygens (including phenoxy) is 2. The molecular weight excluding hydrogens is 582 g/mol. The molecule has 0 atom stereocenters. The van der Waals surface area contributed by atoms with Crippen LogP contribution in [0.5, 0.6) is 0 Å². The van der Waals surface area contributed by atoms with Crippen molar-refractivity contribution < 1.29 is 28.7 Å². The third-order valence-electron chi connectivity index (χ3n) is 7.06. The minimum absolute atomic E-state index is 0.000742. The molecule has 14 heteroatoms. The van der Waals surface area contributed by atoms with Crippen LogP contribution in [0.3, 0.4) is 0 Å². The molecule has 3 amide bonds. The fourth-order valence-electron chi connectivity index (χ4n) is 4.75. The number of hydrogen-bond donors (Lipinski definition) is 3. The predicted octanol–water partition coefficient (Wildman–Crippen LogP) is 3.81. The Morgan fingerprint density at radius 1 is 1.02 bits per heavy atom. The predicted molar refractivity (Wildman–Crippen MR) is 168 cm³/mol. The van der Waals surface area contributed by atoms with Gasteiger partial charge in [0.05, 0.1) is 12.1 Å². The Labute approximate surface area is 263 Å². The van der Waals surface area contributed by atoms with E-state index in [1.165, 1.54) is 4.57 Å². The number of hydrogen-bond acceptors (Lipinski definition) is 10. The third kappa shape index (κ3) is 9.03. The number of anilines is 1. The molecule has 3 N–H and O–H groups in total. The van der Waals surface area contributed by atoms with Crippen molar-refractivity contribution in [1.82, 2.24) is 25.2 Å². The second kappa shape index (κ2) is 14.1. The number of nitrogens with one attached hydrogen (secondary N) is 3. The summed E-state index contributed by atoms with van der Waals surface area (Å²) in [6.07, 6.45) is 2.15. The maximum absolute atomic E-state index is 13.5. The van der Waals surface area contributed by atoms with Gasteiger partial charge in [0.15, 0.2) is 5.82 Å². The minimum atomic E-state index is -1.12. The normalized spacial score (nSPS) is 14.0. The Morgan fingerprint density at radius 3 is 2.11 bits per heavy atom. The summed E-state index contributed by atoms with van der Waals surface area (Å²) in [5.41, 5.74) is 1.28. The molecular formula is C31H45N7O7. The van der Waals surface area contributed by atoms with Crippen molar-refractivity contribution in [3.05, 3.63) is 58.1 Å².